The predicted octanol–water partition coefficient (Wildman–Crippen LogP) is 4.60. The number of aromatic hydroxyl groups is 1. The molecule has 0 spiro atoms. The summed E-state index contributed by atoms with van der Waals surface area (Å²) in [6.45, 7) is 1.82. The van der Waals surface area contributed by atoms with E-state index < -0.39 is 6.04 Å². The van der Waals surface area contributed by atoms with E-state index in [4.69, 9.17) is 19.6 Å². The molecular weight excluding hydrogens is 458 g/mol. The monoisotopic (exact) mass is 483 g/mol. The number of amides is 1. The lowest BCUT2D eigenvalue weighted by molar-refractivity contribution is -0.113. The lowest BCUT2D eigenvalue weighted by atomic mass is 9.95. The van der Waals surface area contributed by atoms with Gasteiger partial charge in [-0.25, -0.2) is 4.68 Å². The topological polar surface area (TPSA) is 111 Å². The number of methoxy groups -OCH3 is 2. The van der Waals surface area contributed by atoms with Crippen LogP contribution in [0.4, 0.5) is 11.6 Å². The van der Waals surface area contributed by atoms with E-state index in [2.05, 4.69) is 10.6 Å². The van der Waals surface area contributed by atoms with Crippen molar-refractivity contribution in [3.8, 4) is 28.6 Å². The van der Waals surface area contributed by atoms with E-state index in [1.54, 1.807) is 43.2 Å². The number of hydrogen-bond donors (Lipinski definition) is 3. The molecule has 3 N–H and O–H groups in total. The summed E-state index contributed by atoms with van der Waals surface area (Å²) >= 11 is 0. The Kier molecular flexibility index (Phi) is 6.03. The summed E-state index contributed by atoms with van der Waals surface area (Å²) in [6, 6.07) is 20.8. The van der Waals surface area contributed by atoms with E-state index in [-0.39, 0.29) is 11.7 Å². The Morgan fingerprint density at radius 1 is 1.00 bits per heavy atom. The molecule has 1 aliphatic rings. The van der Waals surface area contributed by atoms with E-state index >= 15 is 0 Å². The Bertz CT molecular complexity index is 1440. The Morgan fingerprint density at radius 2 is 1.72 bits per heavy atom. The molecule has 0 bridgehead atoms. The van der Waals surface area contributed by atoms with Crippen molar-refractivity contribution in [2.24, 2.45) is 0 Å². The van der Waals surface area contributed by atoms with Gasteiger partial charge >= 0.3 is 0 Å². The van der Waals surface area contributed by atoms with Crippen LogP contribution in [0.2, 0.25) is 0 Å². The number of hydrogen-bond acceptors (Lipinski definition) is 7. The molecule has 2 heterocycles. The molecule has 4 aromatic rings. The van der Waals surface area contributed by atoms with Gasteiger partial charge in [0.05, 0.1) is 19.8 Å². The fourth-order valence-corrected chi connectivity index (χ4v) is 4.23. The largest absolute Gasteiger partial charge is 0.508 e. The molecule has 9 nitrogen and oxygen atoms in total. The van der Waals surface area contributed by atoms with Crippen LogP contribution in [0.15, 0.2) is 84.1 Å². The Labute approximate surface area is 208 Å². The number of carbonyl (C=O) groups excluding carboxylic acids is 1. The third-order valence-corrected chi connectivity index (χ3v) is 5.92. The fourth-order valence-electron chi connectivity index (χ4n) is 4.23. The van der Waals surface area contributed by atoms with E-state index in [9.17, 15) is 9.90 Å². The number of nitrogens with zero attached hydrogens (tertiary/aromatic N) is 3. The normalized spacial score (nSPS) is 14.6. The molecule has 0 saturated heterocycles. The summed E-state index contributed by atoms with van der Waals surface area (Å²) in [4.78, 5) is 18.2. The maximum Gasteiger partial charge on any atom is 0.255 e. The maximum atomic E-state index is 13.5. The van der Waals surface area contributed by atoms with Gasteiger partial charge in [0.1, 0.15) is 23.3 Å². The molecule has 1 aliphatic heterocycles. The minimum Gasteiger partial charge on any atom is -0.508 e. The number of carbonyl (C=O) groups is 1. The first-order valence-electron chi connectivity index (χ1n) is 11.3. The molecular formula is C27H25N5O4. The molecule has 1 atom stereocenters. The first kappa shape index (κ1) is 23.0. The van der Waals surface area contributed by atoms with Gasteiger partial charge < -0.3 is 25.2 Å². The second kappa shape index (κ2) is 9.46. The van der Waals surface area contributed by atoms with Gasteiger partial charge in [-0.1, -0.05) is 30.3 Å². The highest BCUT2D eigenvalue weighted by atomic mass is 16.5. The zero-order valence-corrected chi connectivity index (χ0v) is 20.0. The van der Waals surface area contributed by atoms with Crippen molar-refractivity contribution in [3.05, 3.63) is 89.6 Å². The Morgan fingerprint density at radius 3 is 2.39 bits per heavy atom. The second-order valence-electron chi connectivity index (χ2n) is 8.29. The standard InChI is InChI=1S/C27H25N5O4/c1-16-23(26(34)29-19-9-5-4-6-10-19)24(17-8-7-11-20(33)12-17)32-27(28-16)30-25(31-32)18-13-21(35-2)15-22(14-18)36-3/h4-15,24,33H,1-3H3,(H,29,34)(H,28,30,31). The van der Waals surface area contributed by atoms with Gasteiger partial charge in [0.25, 0.3) is 5.91 Å². The number of benzene rings is 3. The predicted molar refractivity (Wildman–Crippen MR) is 136 cm³/mol. The summed E-state index contributed by atoms with van der Waals surface area (Å²) in [5.74, 6) is 1.90. The molecule has 0 radical (unpaired) electrons. The van der Waals surface area contributed by atoms with Crippen LogP contribution in [0.5, 0.6) is 17.2 Å². The van der Waals surface area contributed by atoms with Crippen LogP contribution < -0.4 is 20.1 Å². The van der Waals surface area contributed by atoms with Crippen molar-refractivity contribution in [2.45, 2.75) is 13.0 Å². The third-order valence-electron chi connectivity index (χ3n) is 5.92. The van der Waals surface area contributed by atoms with Crippen LogP contribution >= 0.6 is 0 Å². The minimum absolute atomic E-state index is 0.0888. The first-order chi connectivity index (χ1) is 17.5. The average molecular weight is 484 g/mol. The zero-order valence-electron chi connectivity index (χ0n) is 20.0. The number of rotatable bonds is 6. The van der Waals surface area contributed by atoms with Crippen molar-refractivity contribution in [1.29, 1.82) is 0 Å². The van der Waals surface area contributed by atoms with Gasteiger partial charge in [-0.05, 0) is 48.9 Å². The molecule has 9 heteroatoms. The molecule has 5 rings (SSSR count). The van der Waals surface area contributed by atoms with Crippen molar-refractivity contribution < 1.29 is 19.4 Å². The number of fused-ring (bicyclic) bond motifs is 1. The van der Waals surface area contributed by atoms with Crippen molar-refractivity contribution in [3.63, 3.8) is 0 Å². The smallest absolute Gasteiger partial charge is 0.255 e. The van der Waals surface area contributed by atoms with Gasteiger partial charge in [0.2, 0.25) is 5.95 Å². The van der Waals surface area contributed by atoms with Crippen molar-refractivity contribution in [1.82, 2.24) is 14.8 Å². The summed E-state index contributed by atoms with van der Waals surface area (Å²) in [5.41, 5.74) is 3.14. The number of nitrogens with one attached hydrogen (secondary N) is 2. The van der Waals surface area contributed by atoms with Gasteiger partial charge in [-0.15, -0.1) is 5.10 Å². The van der Waals surface area contributed by atoms with Gasteiger partial charge in [0, 0.05) is 23.0 Å². The highest BCUT2D eigenvalue weighted by Gasteiger charge is 2.34. The summed E-state index contributed by atoms with van der Waals surface area (Å²) in [6.07, 6.45) is 0. The number of ether oxygens (including phenoxy) is 2. The lowest BCUT2D eigenvalue weighted by Crippen LogP contribution is -2.31. The molecule has 1 unspecified atom stereocenters. The van der Waals surface area contributed by atoms with E-state index in [0.717, 1.165) is 0 Å². The number of para-hydroxylation sites is 1. The number of phenols is 1. The van der Waals surface area contributed by atoms with Gasteiger partial charge in [-0.3, -0.25) is 4.79 Å². The summed E-state index contributed by atoms with van der Waals surface area (Å²) in [7, 11) is 3.16. The molecule has 0 fully saturated rings. The quantitative estimate of drug-likeness (QED) is 0.368. The molecule has 1 aromatic heterocycles. The van der Waals surface area contributed by atoms with Crippen LogP contribution in [0, 0.1) is 0 Å². The molecule has 0 saturated carbocycles. The van der Waals surface area contributed by atoms with Crippen molar-refractivity contribution in [2.75, 3.05) is 24.9 Å². The second-order valence-corrected chi connectivity index (χ2v) is 8.29. The number of allylic oxidation sites excluding steroid dienone is 1. The molecule has 0 aliphatic carbocycles. The number of anilines is 2. The first-order valence-corrected chi connectivity index (χ1v) is 11.3. The van der Waals surface area contributed by atoms with E-state index in [1.165, 1.54) is 0 Å². The molecule has 3 aromatic carbocycles. The lowest BCUT2D eigenvalue weighted by Gasteiger charge is -2.28. The summed E-state index contributed by atoms with van der Waals surface area (Å²) < 4.78 is 12.5. The molecule has 182 valence electrons. The SMILES string of the molecule is COc1cc(OC)cc(-c2nc3n(n2)C(c2cccc(O)c2)C(C(=O)Nc2ccccc2)=C(C)N3)c1. The van der Waals surface area contributed by atoms with Crippen LogP contribution in [-0.2, 0) is 4.79 Å². The van der Waals surface area contributed by atoms with Crippen LogP contribution in [-0.4, -0.2) is 40.0 Å². The van der Waals surface area contributed by atoms with Gasteiger partial charge in [0.15, 0.2) is 5.82 Å². The number of aromatic nitrogens is 3. The third kappa shape index (κ3) is 4.34. The fraction of sp³-hybridized carbons (Fsp3) is 0.148. The highest BCUT2D eigenvalue weighted by Crippen LogP contribution is 2.38. The van der Waals surface area contributed by atoms with Crippen molar-refractivity contribution >= 4 is 17.5 Å². The van der Waals surface area contributed by atoms with Gasteiger partial charge in [-0.2, -0.15) is 4.98 Å². The average Bonchev–Trinajstić information content (AvgIpc) is 3.31. The Balaban J connectivity index is 1.62. The highest BCUT2D eigenvalue weighted by molar-refractivity contribution is 6.06. The Hall–Kier alpha value is -4.79. The number of phenolic OH excluding ortho intramolecular Hbond substituents is 1. The van der Waals surface area contributed by atoms with E-state index in [1.807, 2.05) is 55.5 Å². The van der Waals surface area contributed by atoms with Crippen LogP contribution in [0.25, 0.3) is 11.4 Å². The van der Waals surface area contributed by atoms with E-state index in [0.29, 0.717) is 51.4 Å². The van der Waals surface area contributed by atoms with Crippen LogP contribution in [0.3, 0.4) is 0 Å². The maximum absolute atomic E-state index is 13.5. The molecule has 1 amide bonds. The summed E-state index contributed by atoms with van der Waals surface area (Å²) in [5, 5.41) is 21.2. The zero-order chi connectivity index (χ0) is 25.2. The minimum atomic E-state index is -0.634. The molecule has 36 heavy (non-hydrogen) atoms. The van der Waals surface area contributed by atoms with Crippen LogP contribution in [0.1, 0.15) is 18.5 Å².